The molecule has 0 amide bonds. The molecular formula is C10H8FNO2. The van der Waals surface area contributed by atoms with E-state index in [1.54, 1.807) is 6.07 Å². The van der Waals surface area contributed by atoms with Crippen LogP contribution < -0.4 is 4.74 Å². The Labute approximate surface area is 79.8 Å². The maximum absolute atomic E-state index is 13.6. The highest BCUT2D eigenvalue weighted by molar-refractivity contribution is 5.82. The molecule has 3 nitrogen and oxygen atoms in total. The zero-order valence-electron chi connectivity index (χ0n) is 7.49. The van der Waals surface area contributed by atoms with E-state index < -0.39 is 5.82 Å². The Bertz CT molecular complexity index is 485. The van der Waals surface area contributed by atoms with Crippen LogP contribution in [-0.4, -0.2) is 17.2 Å². The Kier molecular flexibility index (Phi) is 1.96. The number of benzene rings is 1. The van der Waals surface area contributed by atoms with E-state index in [1.807, 2.05) is 0 Å². The number of halogens is 1. The fourth-order valence-corrected chi connectivity index (χ4v) is 1.29. The number of nitrogens with zero attached hydrogens (tertiary/aromatic N) is 1. The van der Waals surface area contributed by atoms with Gasteiger partial charge in [0.1, 0.15) is 5.75 Å². The molecule has 4 heteroatoms. The van der Waals surface area contributed by atoms with Crippen LogP contribution >= 0.6 is 0 Å². The van der Waals surface area contributed by atoms with E-state index in [0.717, 1.165) is 0 Å². The van der Waals surface area contributed by atoms with Gasteiger partial charge < -0.3 is 9.84 Å². The zero-order valence-corrected chi connectivity index (χ0v) is 7.49. The topological polar surface area (TPSA) is 42.4 Å². The highest BCUT2D eigenvalue weighted by Crippen LogP contribution is 2.26. The molecule has 1 aromatic heterocycles. The Hall–Kier alpha value is -1.84. The van der Waals surface area contributed by atoms with Crippen LogP contribution in [0.2, 0.25) is 0 Å². The standard InChI is InChI=1S/C10H8FNO2/c1-14-9-3-2-8-7(10(9)11)4-6(13)5-12-8/h2-5,13H,1H3. The molecule has 0 saturated carbocycles. The molecule has 0 saturated heterocycles. The number of methoxy groups -OCH3 is 1. The number of aromatic nitrogens is 1. The molecule has 14 heavy (non-hydrogen) atoms. The van der Waals surface area contributed by atoms with Gasteiger partial charge in [0.15, 0.2) is 11.6 Å². The highest BCUT2D eigenvalue weighted by Gasteiger charge is 2.08. The van der Waals surface area contributed by atoms with Crippen molar-refractivity contribution in [2.75, 3.05) is 7.11 Å². The van der Waals surface area contributed by atoms with Gasteiger partial charge in [0, 0.05) is 5.39 Å². The summed E-state index contributed by atoms with van der Waals surface area (Å²) in [6.07, 6.45) is 1.27. The van der Waals surface area contributed by atoms with Gasteiger partial charge in [-0.25, -0.2) is 4.39 Å². The van der Waals surface area contributed by atoms with E-state index in [-0.39, 0.29) is 16.9 Å². The fourth-order valence-electron chi connectivity index (χ4n) is 1.29. The number of rotatable bonds is 1. The minimum Gasteiger partial charge on any atom is -0.506 e. The summed E-state index contributed by atoms with van der Waals surface area (Å²) < 4.78 is 18.4. The summed E-state index contributed by atoms with van der Waals surface area (Å²) >= 11 is 0. The van der Waals surface area contributed by atoms with E-state index in [4.69, 9.17) is 9.84 Å². The number of aromatic hydroxyl groups is 1. The minimum atomic E-state index is -0.506. The molecule has 72 valence electrons. The molecule has 0 bridgehead atoms. The lowest BCUT2D eigenvalue weighted by Gasteiger charge is -2.04. The second-order valence-corrected chi connectivity index (χ2v) is 2.84. The molecule has 2 aromatic rings. The van der Waals surface area contributed by atoms with Crippen LogP contribution in [0.15, 0.2) is 24.4 Å². The van der Waals surface area contributed by atoms with Crippen molar-refractivity contribution in [1.29, 1.82) is 0 Å². The van der Waals surface area contributed by atoms with Gasteiger partial charge >= 0.3 is 0 Å². The molecule has 1 heterocycles. The summed E-state index contributed by atoms with van der Waals surface area (Å²) in [5, 5.41) is 9.40. The monoisotopic (exact) mass is 193 g/mol. The van der Waals surface area contributed by atoms with E-state index >= 15 is 0 Å². The minimum absolute atomic E-state index is 0.0651. The van der Waals surface area contributed by atoms with Crippen molar-refractivity contribution in [3.05, 3.63) is 30.2 Å². The van der Waals surface area contributed by atoms with Crippen molar-refractivity contribution in [2.24, 2.45) is 0 Å². The second kappa shape index (κ2) is 3.14. The normalized spacial score (nSPS) is 10.4. The molecule has 0 fully saturated rings. The SMILES string of the molecule is COc1ccc2ncc(O)cc2c1F. The smallest absolute Gasteiger partial charge is 0.174 e. The van der Waals surface area contributed by atoms with Crippen molar-refractivity contribution in [3.8, 4) is 11.5 Å². The van der Waals surface area contributed by atoms with Gasteiger partial charge in [-0.3, -0.25) is 4.98 Å². The van der Waals surface area contributed by atoms with Crippen molar-refractivity contribution in [2.45, 2.75) is 0 Å². The number of ether oxygens (including phenoxy) is 1. The lowest BCUT2D eigenvalue weighted by molar-refractivity contribution is 0.389. The van der Waals surface area contributed by atoms with Gasteiger partial charge in [-0.15, -0.1) is 0 Å². The van der Waals surface area contributed by atoms with Gasteiger partial charge in [0.05, 0.1) is 18.8 Å². The summed E-state index contributed by atoms with van der Waals surface area (Å²) in [6.45, 7) is 0. The quantitative estimate of drug-likeness (QED) is 0.754. The zero-order chi connectivity index (χ0) is 10.1. The van der Waals surface area contributed by atoms with E-state index in [1.165, 1.54) is 25.4 Å². The third kappa shape index (κ3) is 1.25. The van der Waals surface area contributed by atoms with Gasteiger partial charge in [-0.1, -0.05) is 0 Å². The molecule has 0 aliphatic rings. The lowest BCUT2D eigenvalue weighted by Crippen LogP contribution is -1.90. The Morgan fingerprint density at radius 3 is 2.93 bits per heavy atom. The molecule has 0 atom stereocenters. The first-order valence-electron chi connectivity index (χ1n) is 4.03. The first-order valence-corrected chi connectivity index (χ1v) is 4.03. The van der Waals surface area contributed by atoms with Crippen LogP contribution in [0.25, 0.3) is 10.9 Å². The average molecular weight is 193 g/mol. The van der Waals surface area contributed by atoms with E-state index in [2.05, 4.69) is 4.98 Å². The molecule has 1 aromatic carbocycles. The predicted molar refractivity (Wildman–Crippen MR) is 49.9 cm³/mol. The number of fused-ring (bicyclic) bond motifs is 1. The van der Waals surface area contributed by atoms with E-state index in [9.17, 15) is 4.39 Å². The molecule has 0 spiro atoms. The molecule has 0 aliphatic heterocycles. The van der Waals surface area contributed by atoms with Gasteiger partial charge in [0.25, 0.3) is 0 Å². The van der Waals surface area contributed by atoms with Gasteiger partial charge in [-0.05, 0) is 18.2 Å². The van der Waals surface area contributed by atoms with Crippen LogP contribution in [0.1, 0.15) is 0 Å². The van der Waals surface area contributed by atoms with Gasteiger partial charge in [0.2, 0.25) is 0 Å². The van der Waals surface area contributed by atoms with Crippen LogP contribution in [-0.2, 0) is 0 Å². The average Bonchev–Trinajstić information content (AvgIpc) is 2.20. The molecule has 0 unspecified atom stereocenters. The summed E-state index contributed by atoms with van der Waals surface area (Å²) in [4.78, 5) is 3.87. The molecule has 0 radical (unpaired) electrons. The summed E-state index contributed by atoms with van der Waals surface area (Å²) in [5.74, 6) is -0.428. The number of hydrogen-bond acceptors (Lipinski definition) is 3. The van der Waals surface area contributed by atoms with Crippen molar-refractivity contribution in [3.63, 3.8) is 0 Å². The Morgan fingerprint density at radius 1 is 1.43 bits per heavy atom. The lowest BCUT2D eigenvalue weighted by atomic mass is 10.2. The van der Waals surface area contributed by atoms with Crippen molar-refractivity contribution in [1.82, 2.24) is 4.98 Å². The maximum Gasteiger partial charge on any atom is 0.174 e. The third-order valence-corrected chi connectivity index (χ3v) is 1.97. The largest absolute Gasteiger partial charge is 0.506 e. The summed E-state index contributed by atoms with van der Waals surface area (Å²) in [6, 6.07) is 4.46. The van der Waals surface area contributed by atoms with Crippen LogP contribution in [0.3, 0.4) is 0 Å². The summed E-state index contributed by atoms with van der Waals surface area (Å²) in [7, 11) is 1.39. The van der Waals surface area contributed by atoms with E-state index in [0.29, 0.717) is 5.52 Å². The molecule has 2 rings (SSSR count). The molecular weight excluding hydrogens is 185 g/mol. The number of hydrogen-bond donors (Lipinski definition) is 1. The molecule has 0 aliphatic carbocycles. The number of pyridine rings is 1. The Balaban J connectivity index is 2.79. The first kappa shape index (κ1) is 8.74. The first-order chi connectivity index (χ1) is 6.72. The van der Waals surface area contributed by atoms with Crippen LogP contribution in [0.5, 0.6) is 11.5 Å². The van der Waals surface area contributed by atoms with Crippen molar-refractivity contribution >= 4 is 10.9 Å². The van der Waals surface area contributed by atoms with Crippen molar-refractivity contribution < 1.29 is 14.2 Å². The molecule has 1 N–H and O–H groups in total. The summed E-state index contributed by atoms with van der Waals surface area (Å²) in [5.41, 5.74) is 0.487. The van der Waals surface area contributed by atoms with Crippen LogP contribution in [0, 0.1) is 5.82 Å². The third-order valence-electron chi connectivity index (χ3n) is 1.97. The van der Waals surface area contributed by atoms with Crippen LogP contribution in [0.4, 0.5) is 4.39 Å². The second-order valence-electron chi connectivity index (χ2n) is 2.84. The predicted octanol–water partition coefficient (Wildman–Crippen LogP) is 2.09. The highest BCUT2D eigenvalue weighted by atomic mass is 19.1. The maximum atomic E-state index is 13.6. The fraction of sp³-hybridized carbons (Fsp3) is 0.100. The van der Waals surface area contributed by atoms with Gasteiger partial charge in [-0.2, -0.15) is 0 Å². The Morgan fingerprint density at radius 2 is 2.21 bits per heavy atom.